The Kier molecular flexibility index (Phi) is 251. The molecule has 0 radical (unpaired) electrons. The average molecular weight is 2480 g/mol. The molecule has 24 heteroatoms. The Morgan fingerprint density at radius 2 is 0.450 bits per heavy atom. The average Bonchev–Trinajstić information content (AvgIpc) is 0.854. The van der Waals surface area contributed by atoms with E-state index in [2.05, 4.69) is 0 Å². The van der Waals surface area contributed by atoms with Crippen LogP contribution in [0.1, 0.15) is 322 Å². The van der Waals surface area contributed by atoms with Crippen molar-refractivity contribution < 1.29 is 226 Å². The summed E-state index contributed by atoms with van der Waals surface area (Å²) in [5.41, 5.74) is -0.261. The van der Waals surface area contributed by atoms with Crippen molar-refractivity contribution in [1.82, 2.24) is 0 Å². The molecule has 0 N–H and O–H groups in total. The summed E-state index contributed by atoms with van der Waals surface area (Å²) in [5, 5.41) is 0. The van der Waals surface area contributed by atoms with E-state index in [1.54, 1.807) is 27.7 Å². The summed E-state index contributed by atoms with van der Waals surface area (Å²) in [7, 11) is 0. The monoisotopic (exact) mass is 2480 g/mol. The second-order valence-electron chi connectivity index (χ2n) is 34.0. The van der Waals surface area contributed by atoms with Gasteiger partial charge in [0.05, 0.1) is 53.4 Å². The zero-order chi connectivity index (χ0) is 77.3. The number of alkyl halides is 16. The Bertz CT molecular complexity index is 1460. The molecule has 0 fully saturated rings. The molecule has 0 aromatic heterocycles. The van der Waals surface area contributed by atoms with Gasteiger partial charge in [0.15, 0.2) is 0 Å². The van der Waals surface area contributed by atoms with Gasteiger partial charge in [-0.3, -0.25) is 35.1 Å². The molecule has 0 aromatic carbocycles. The first-order chi connectivity index (χ1) is 43.9. The van der Waals surface area contributed by atoms with Crippen LogP contribution in [-0.2, 0) is 156 Å². The topological polar surface area (TPSA) is 0 Å². The molecule has 0 rings (SSSR count). The smallest absolute Gasteiger partial charge is 0.358 e. The van der Waals surface area contributed by atoms with Crippen LogP contribution in [0.15, 0.2) is 0 Å². The quantitative estimate of drug-likeness (QED) is 0.0326. The number of rotatable bonds is 40. The molecule has 16 unspecified atom stereocenters. The van der Waals surface area contributed by atoms with Crippen molar-refractivity contribution in [2.45, 2.75) is 372 Å². The van der Waals surface area contributed by atoms with Crippen LogP contribution >= 0.6 is 0 Å². The zero-order valence-corrected chi connectivity index (χ0v) is 100. The van der Waals surface area contributed by atoms with Crippen LogP contribution in [0.2, 0.25) is 0 Å². The van der Waals surface area contributed by atoms with E-state index in [-0.39, 0.29) is 423 Å². The first kappa shape index (κ1) is 222. The van der Waals surface area contributed by atoms with E-state index in [0.29, 0.717) is 101 Å². The molecule has 120 heavy (non-hydrogen) atoms. The van der Waals surface area contributed by atoms with Crippen LogP contribution in [-0.4, -0.2) is 103 Å². The minimum absolute atomic E-state index is 0. The Labute approximate surface area is 854 Å². The molecular formula is C96H208F16Ru8. The van der Waals surface area contributed by atoms with E-state index in [0.717, 1.165) is 25.7 Å². The summed E-state index contributed by atoms with van der Waals surface area (Å²) in [4.78, 5) is 0. The Balaban J connectivity index is -0.0000000240. The van der Waals surface area contributed by atoms with Gasteiger partial charge in [0.1, 0.15) is 49.4 Å². The van der Waals surface area contributed by atoms with Gasteiger partial charge >= 0.3 is 156 Å². The molecule has 0 saturated heterocycles. The zero-order valence-electron chi connectivity index (χ0n) is 86.2. The first-order valence-corrected chi connectivity index (χ1v) is 37.5. The fourth-order valence-electron chi connectivity index (χ4n) is 10.0. The van der Waals surface area contributed by atoms with Crippen LogP contribution in [0.3, 0.4) is 0 Å². The summed E-state index contributed by atoms with van der Waals surface area (Å²) in [6.45, 7) is 52.1. The third kappa shape index (κ3) is 165. The standard InChI is InChI=1S/2C13H26F2.2C11H22F2.2C9H18F2.2C7H14F2.16CH3.8Ru/c1-12(2,3)10(8-14)7-11(9-15)13(4,5)6;1-12(2,3)8-10(14)7-11(15)9-13(4,5)6;1-8(2)10(6-12)5-11(7-13)9(3)4;1-8(2)5-10(12)7-11(13)6-9(3)4;1-3-8(6-10)5-9(4-2)7-11;1-3-5-8(10)7-9(11)6-4-2;1-6(4-8)3-7(2)5-9;1-3-6(8)5-7(9)4-2;;;;;;;;;;;;;;;;;;;;;;;;/h2*10-11H,7-9H2,1-6H3;2*8-11H,5-7H2,1-4H3;2*8-9H,3-7H2,1-2H3;2*6-7H,3-5H2,1-2H3;16*1H3;;;;;;;;/q;;;;;;;;16*-1;8*+2. The van der Waals surface area contributed by atoms with Gasteiger partial charge in [-0.1, -0.05) is 220 Å². The number of hydrogen-bond donors (Lipinski definition) is 0. The van der Waals surface area contributed by atoms with E-state index < -0.39 is 49.4 Å². The third-order valence-electron chi connectivity index (χ3n) is 17.1. The Morgan fingerprint density at radius 1 is 0.225 bits per heavy atom. The molecule has 0 bridgehead atoms. The van der Waals surface area contributed by atoms with Gasteiger partial charge in [0.2, 0.25) is 0 Å². The molecule has 768 valence electrons. The molecule has 0 saturated carbocycles. The number of halogens is 16. The van der Waals surface area contributed by atoms with Crippen LogP contribution in [0.4, 0.5) is 70.2 Å². The minimum Gasteiger partial charge on any atom is -0.358 e. The van der Waals surface area contributed by atoms with Gasteiger partial charge in [-0.15, -0.1) is 0 Å². The van der Waals surface area contributed by atoms with Crippen molar-refractivity contribution >= 4 is 0 Å². The molecule has 0 aliphatic carbocycles. The second-order valence-corrected chi connectivity index (χ2v) is 34.0. The van der Waals surface area contributed by atoms with Crippen LogP contribution in [0.25, 0.3) is 0 Å². The maximum Gasteiger partial charge on any atom is 2.00 e. The number of hydrogen-bond acceptors (Lipinski definition) is 0. The summed E-state index contributed by atoms with van der Waals surface area (Å²) in [5.74, 6) is 1.46. The van der Waals surface area contributed by atoms with Gasteiger partial charge in [-0.2, -0.15) is 0 Å². The summed E-state index contributed by atoms with van der Waals surface area (Å²) in [6, 6.07) is 0. The fourth-order valence-corrected chi connectivity index (χ4v) is 10.0. The van der Waals surface area contributed by atoms with Crippen LogP contribution in [0, 0.1) is 212 Å². The molecule has 0 nitrogen and oxygen atoms in total. The van der Waals surface area contributed by atoms with Crippen molar-refractivity contribution in [2.75, 3.05) is 53.4 Å². The van der Waals surface area contributed by atoms with Crippen molar-refractivity contribution in [3.05, 3.63) is 119 Å². The summed E-state index contributed by atoms with van der Waals surface area (Å²) < 4.78 is 202. The van der Waals surface area contributed by atoms with Crippen molar-refractivity contribution in [3.63, 3.8) is 0 Å². The van der Waals surface area contributed by atoms with Gasteiger partial charge in [0.25, 0.3) is 0 Å². The fraction of sp³-hybridized carbons (Fsp3) is 0.833. The van der Waals surface area contributed by atoms with Gasteiger partial charge in [-0.25, -0.2) is 35.1 Å². The molecule has 16 atom stereocenters. The normalized spacial score (nSPS) is 13.6. The maximum absolute atomic E-state index is 13.5. The molecule has 0 aliphatic heterocycles. The van der Waals surface area contributed by atoms with Gasteiger partial charge < -0.3 is 119 Å². The SMILES string of the molecule is CC(C)(C)C(CF)CC(CF)C(C)(C)C.CC(C)(C)CC(F)CC(F)CC(C)(C)C.CC(C)C(CF)CC(CF)C(C)C.CC(C)CC(F)CC(F)CC(C)C.CC(CF)CC(C)CF.CCC(CF)CC(CC)CF.CCC(F)CC(F)CC.CCCC(F)CC(F)CCC.[CH3-].[CH3-].[CH3-].[CH3-].[CH3-].[CH3-].[CH3-].[CH3-].[CH3-].[CH3-].[CH3-].[CH3-].[CH3-].[CH3-].[CH3-].[CH3-].[Ru+2].[Ru+2].[Ru+2].[Ru+2].[Ru+2].[Ru+2].[Ru+2].[Ru+2]. The predicted octanol–water partition coefficient (Wildman–Crippen LogP) is 37.2. The van der Waals surface area contributed by atoms with E-state index in [1.807, 2.05) is 166 Å². The van der Waals surface area contributed by atoms with Crippen LogP contribution in [0.5, 0.6) is 0 Å². The van der Waals surface area contributed by atoms with Crippen molar-refractivity contribution in [2.24, 2.45) is 92.7 Å². The van der Waals surface area contributed by atoms with Crippen molar-refractivity contribution in [3.8, 4) is 0 Å². The molecule has 0 spiro atoms. The Morgan fingerprint density at radius 3 is 0.608 bits per heavy atom. The summed E-state index contributed by atoms with van der Waals surface area (Å²) in [6.07, 6.45) is 2.28. The largest absolute Gasteiger partial charge is 2.00 e. The summed E-state index contributed by atoms with van der Waals surface area (Å²) >= 11 is 0. The molecule has 0 aliphatic rings. The third-order valence-corrected chi connectivity index (χ3v) is 17.1. The maximum atomic E-state index is 13.5. The molecule has 0 heterocycles. The van der Waals surface area contributed by atoms with Gasteiger partial charge in [-0.05, 0) is 170 Å². The molecular weight excluding hydrogens is 2270 g/mol. The first-order valence-electron chi connectivity index (χ1n) is 37.5. The van der Waals surface area contributed by atoms with Crippen molar-refractivity contribution in [1.29, 1.82) is 0 Å². The van der Waals surface area contributed by atoms with E-state index in [9.17, 15) is 70.2 Å². The molecule has 0 amide bonds. The van der Waals surface area contributed by atoms with E-state index >= 15 is 0 Å². The molecule has 0 aromatic rings. The van der Waals surface area contributed by atoms with Gasteiger partial charge in [0, 0.05) is 25.7 Å². The Hall–Kier alpha value is 3.87. The van der Waals surface area contributed by atoms with E-state index in [4.69, 9.17) is 0 Å². The van der Waals surface area contributed by atoms with Crippen LogP contribution < -0.4 is 0 Å². The second kappa shape index (κ2) is 136. The predicted molar refractivity (Wildman–Crippen MR) is 492 cm³/mol. The minimum atomic E-state index is -1.01. The van der Waals surface area contributed by atoms with E-state index in [1.165, 1.54) is 0 Å².